The van der Waals surface area contributed by atoms with Crippen LogP contribution in [0.2, 0.25) is 4.34 Å². The lowest BCUT2D eigenvalue weighted by molar-refractivity contribution is 0.0218. The van der Waals surface area contributed by atoms with Crippen molar-refractivity contribution in [3.63, 3.8) is 0 Å². The molecule has 1 N–H and O–H groups in total. The van der Waals surface area contributed by atoms with E-state index in [2.05, 4.69) is 17.1 Å². The second-order valence-electron chi connectivity index (χ2n) is 6.39. The van der Waals surface area contributed by atoms with Crippen molar-refractivity contribution in [1.29, 1.82) is 0 Å². The van der Waals surface area contributed by atoms with Gasteiger partial charge in [0.2, 0.25) is 0 Å². The molecule has 0 aromatic carbocycles. The third-order valence-corrected chi connectivity index (χ3v) is 8.61. The van der Waals surface area contributed by atoms with Crippen LogP contribution in [0.1, 0.15) is 29.4 Å². The van der Waals surface area contributed by atoms with Crippen molar-refractivity contribution in [3.8, 4) is 0 Å². The molecular weight excluding hydrogens is 380 g/mol. The van der Waals surface area contributed by atoms with Crippen LogP contribution >= 0.6 is 46.0 Å². The monoisotopic (exact) mass is 398 g/mol. The van der Waals surface area contributed by atoms with Gasteiger partial charge in [0, 0.05) is 12.1 Å². The fourth-order valence-electron chi connectivity index (χ4n) is 3.72. The van der Waals surface area contributed by atoms with Gasteiger partial charge in [-0.3, -0.25) is 9.69 Å². The smallest absolute Gasteiger partial charge is 0.261 e. The summed E-state index contributed by atoms with van der Waals surface area (Å²) in [4.78, 5) is 16.0. The topological polar surface area (TPSA) is 32.3 Å². The van der Waals surface area contributed by atoms with Gasteiger partial charge in [0.25, 0.3) is 5.91 Å². The lowest BCUT2D eigenvalue weighted by Crippen LogP contribution is -2.62. The molecule has 2 aromatic rings. The summed E-state index contributed by atoms with van der Waals surface area (Å²) in [5, 5.41) is 3.30. The Bertz CT molecular complexity index is 734. The maximum Gasteiger partial charge on any atom is 0.261 e. The molecular formula is C17H19ClN2OS3. The largest absolute Gasteiger partial charge is 0.347 e. The first kappa shape index (κ1) is 16.9. The molecule has 5 heterocycles. The van der Waals surface area contributed by atoms with E-state index >= 15 is 0 Å². The van der Waals surface area contributed by atoms with Crippen molar-refractivity contribution in [1.82, 2.24) is 10.2 Å². The van der Waals surface area contributed by atoms with Crippen LogP contribution in [0.15, 0.2) is 32.7 Å². The van der Waals surface area contributed by atoms with E-state index in [-0.39, 0.29) is 11.9 Å². The summed E-state index contributed by atoms with van der Waals surface area (Å²) in [6.07, 6.45) is 2.42. The third-order valence-electron chi connectivity index (χ3n) is 5.03. The van der Waals surface area contributed by atoms with E-state index in [1.54, 1.807) is 34.4 Å². The van der Waals surface area contributed by atoms with Crippen LogP contribution in [-0.4, -0.2) is 36.0 Å². The zero-order valence-corrected chi connectivity index (χ0v) is 16.5. The van der Waals surface area contributed by atoms with E-state index in [4.69, 9.17) is 11.6 Å². The summed E-state index contributed by atoms with van der Waals surface area (Å²) in [5.74, 6) is 0.706. The minimum Gasteiger partial charge on any atom is -0.347 e. The van der Waals surface area contributed by atoms with Crippen LogP contribution in [0.25, 0.3) is 0 Å². The molecule has 128 valence electrons. The first-order valence-corrected chi connectivity index (χ1v) is 11.0. The number of thiophene rings is 2. The van der Waals surface area contributed by atoms with Crippen molar-refractivity contribution >= 4 is 51.9 Å². The highest BCUT2D eigenvalue weighted by Crippen LogP contribution is 2.39. The van der Waals surface area contributed by atoms with Gasteiger partial charge in [0.15, 0.2) is 0 Å². The molecule has 3 nitrogen and oxygen atoms in total. The van der Waals surface area contributed by atoms with Crippen LogP contribution in [0.5, 0.6) is 0 Å². The van der Waals surface area contributed by atoms with Gasteiger partial charge in [-0.05, 0) is 63.0 Å². The first-order chi connectivity index (χ1) is 11.6. The number of nitrogens with one attached hydrogen (secondary N) is 1. The Morgan fingerprint density at radius 3 is 2.58 bits per heavy atom. The van der Waals surface area contributed by atoms with E-state index in [1.165, 1.54) is 25.9 Å². The van der Waals surface area contributed by atoms with Crippen molar-refractivity contribution in [3.05, 3.63) is 33.5 Å². The van der Waals surface area contributed by atoms with Gasteiger partial charge in [-0.25, -0.2) is 0 Å². The number of fused-ring (bicyclic) bond motifs is 3. The summed E-state index contributed by atoms with van der Waals surface area (Å²) < 4.78 is 3.07. The second kappa shape index (κ2) is 7.00. The Balaban J connectivity index is 1.41. The molecule has 3 fully saturated rings. The Morgan fingerprint density at radius 2 is 1.92 bits per heavy atom. The molecule has 0 unspecified atom stereocenters. The van der Waals surface area contributed by atoms with Gasteiger partial charge in [0.1, 0.15) is 0 Å². The van der Waals surface area contributed by atoms with Crippen molar-refractivity contribution in [2.24, 2.45) is 5.92 Å². The first-order valence-electron chi connectivity index (χ1n) is 8.18. The van der Waals surface area contributed by atoms with Gasteiger partial charge in [-0.1, -0.05) is 23.4 Å². The minimum atomic E-state index is 0.0710. The average Bonchev–Trinajstić information content (AvgIpc) is 3.21. The highest BCUT2D eigenvalue weighted by molar-refractivity contribution is 8.03. The normalized spacial score (nSPS) is 28.9. The molecule has 0 aliphatic carbocycles. The summed E-state index contributed by atoms with van der Waals surface area (Å²) in [7, 11) is 0. The molecule has 2 aromatic heterocycles. The van der Waals surface area contributed by atoms with Gasteiger partial charge in [0.05, 0.1) is 17.6 Å². The molecule has 2 bridgehead atoms. The molecule has 3 aliphatic rings. The molecule has 0 radical (unpaired) electrons. The number of piperidine rings is 3. The number of carbonyl (C=O) groups excluding carboxylic acids is 1. The lowest BCUT2D eigenvalue weighted by atomic mass is 9.79. The zero-order chi connectivity index (χ0) is 16.7. The van der Waals surface area contributed by atoms with Gasteiger partial charge in [-0.2, -0.15) is 0 Å². The number of nitrogens with zero attached hydrogens (tertiary/aromatic N) is 1. The van der Waals surface area contributed by atoms with E-state index in [1.807, 2.05) is 24.3 Å². The van der Waals surface area contributed by atoms with Crippen LogP contribution in [0, 0.1) is 5.92 Å². The van der Waals surface area contributed by atoms with Gasteiger partial charge >= 0.3 is 0 Å². The Kier molecular flexibility index (Phi) is 4.93. The third kappa shape index (κ3) is 3.40. The predicted molar refractivity (Wildman–Crippen MR) is 103 cm³/mol. The molecule has 5 rings (SSSR count). The summed E-state index contributed by atoms with van der Waals surface area (Å²) in [6, 6.07) is 8.62. The predicted octanol–water partition coefficient (Wildman–Crippen LogP) is 4.83. The molecule has 1 amide bonds. The maximum absolute atomic E-state index is 12.7. The lowest BCUT2D eigenvalue weighted by Gasteiger charge is -2.49. The molecule has 0 saturated carbocycles. The Hall–Kier alpha value is -0.530. The highest BCUT2D eigenvalue weighted by Gasteiger charge is 2.40. The molecule has 3 saturated heterocycles. The number of hydrogen-bond acceptors (Lipinski definition) is 5. The fraction of sp³-hybridized carbons (Fsp3) is 0.471. The summed E-state index contributed by atoms with van der Waals surface area (Å²) >= 11 is 10.8. The van der Waals surface area contributed by atoms with E-state index in [9.17, 15) is 4.79 Å². The summed E-state index contributed by atoms with van der Waals surface area (Å²) in [6.45, 7) is 4.61. The fourth-order valence-corrected chi connectivity index (χ4v) is 7.31. The van der Waals surface area contributed by atoms with Crippen molar-refractivity contribution < 1.29 is 4.79 Å². The number of hydrogen-bond donors (Lipinski definition) is 1. The second-order valence-corrected chi connectivity index (χ2v) is 10.8. The number of rotatable bonds is 4. The van der Waals surface area contributed by atoms with Crippen LogP contribution < -0.4 is 5.32 Å². The van der Waals surface area contributed by atoms with Gasteiger partial charge in [-0.15, -0.1) is 22.7 Å². The number of carbonyl (C=O) groups is 1. The van der Waals surface area contributed by atoms with Gasteiger partial charge < -0.3 is 5.32 Å². The van der Waals surface area contributed by atoms with Crippen LogP contribution in [0.3, 0.4) is 0 Å². The standard InChI is InChI=1S/C17H19ClN2OS3/c1-10-16(11-6-8-20(10)9-7-11)19-17(21)12-2-4-14(22-12)24-15-5-3-13(18)23-15/h2-5,10-11,16H,6-9H2,1H3,(H,19,21)/t10-,16-/m0/s1. The summed E-state index contributed by atoms with van der Waals surface area (Å²) in [5.41, 5.74) is 0. The molecule has 7 heteroatoms. The van der Waals surface area contributed by atoms with Crippen molar-refractivity contribution in [2.75, 3.05) is 13.1 Å². The van der Waals surface area contributed by atoms with E-state index in [0.717, 1.165) is 17.6 Å². The average molecular weight is 399 g/mol. The van der Waals surface area contributed by atoms with Crippen LogP contribution in [-0.2, 0) is 0 Å². The van der Waals surface area contributed by atoms with E-state index < -0.39 is 0 Å². The maximum atomic E-state index is 12.7. The minimum absolute atomic E-state index is 0.0710. The quantitative estimate of drug-likeness (QED) is 0.800. The molecule has 24 heavy (non-hydrogen) atoms. The SMILES string of the molecule is C[C@H]1[C@H](NC(=O)c2ccc(Sc3ccc(Cl)s3)s2)C2CCN1CC2. The van der Waals surface area contributed by atoms with Crippen LogP contribution in [0.4, 0.5) is 0 Å². The zero-order valence-electron chi connectivity index (χ0n) is 13.3. The van der Waals surface area contributed by atoms with Crippen molar-refractivity contribution in [2.45, 2.75) is 40.3 Å². The van der Waals surface area contributed by atoms with E-state index in [0.29, 0.717) is 12.0 Å². The number of amides is 1. The Morgan fingerprint density at radius 1 is 1.21 bits per heavy atom. The highest BCUT2D eigenvalue weighted by atomic mass is 35.5. The Labute approximate surface area is 159 Å². The molecule has 0 spiro atoms. The number of halogens is 1. The molecule has 3 aliphatic heterocycles. The molecule has 2 atom stereocenters.